The summed E-state index contributed by atoms with van der Waals surface area (Å²) >= 11 is 0. The van der Waals surface area contributed by atoms with Crippen molar-refractivity contribution < 1.29 is 13.2 Å². The van der Waals surface area contributed by atoms with Crippen molar-refractivity contribution in [3.05, 3.63) is 18.0 Å². The lowest BCUT2D eigenvalue weighted by Crippen LogP contribution is -2.51. The van der Waals surface area contributed by atoms with E-state index in [2.05, 4.69) is 20.2 Å². The van der Waals surface area contributed by atoms with Crippen LogP contribution in [-0.4, -0.2) is 54.9 Å². The number of nitrogens with one attached hydrogen (secondary N) is 3. The van der Waals surface area contributed by atoms with Crippen LogP contribution >= 0.6 is 0 Å². The molecule has 2 heterocycles. The average Bonchev–Trinajstić information content (AvgIpc) is 2.87. The third kappa shape index (κ3) is 4.49. The maximum atomic E-state index is 12.0. The topological polar surface area (TPSA) is 107 Å². The molecule has 1 aromatic rings. The molecule has 0 radical (unpaired) electrons. The van der Waals surface area contributed by atoms with Gasteiger partial charge in [-0.05, 0) is 18.9 Å². The number of H-pyrrole nitrogens is 1. The van der Waals surface area contributed by atoms with E-state index in [9.17, 15) is 13.2 Å². The van der Waals surface area contributed by atoms with Gasteiger partial charge in [-0.3, -0.25) is 5.10 Å². The van der Waals surface area contributed by atoms with Crippen molar-refractivity contribution in [2.24, 2.45) is 0 Å². The van der Waals surface area contributed by atoms with Crippen LogP contribution in [0.3, 0.4) is 0 Å². The van der Waals surface area contributed by atoms with Crippen LogP contribution in [0.1, 0.15) is 18.5 Å². The van der Waals surface area contributed by atoms with Gasteiger partial charge in [0.15, 0.2) is 0 Å². The standard InChI is InChI=1S/C11H19N5O3S/c1-20(18,19)15-10-3-2-6-16(8-10)11(17)12-7-9-4-5-13-14-9/h4-5,10,15H,2-3,6-8H2,1H3,(H,12,17)(H,13,14)/t10-/m1/s1. The maximum Gasteiger partial charge on any atom is 0.317 e. The number of aromatic nitrogens is 2. The summed E-state index contributed by atoms with van der Waals surface area (Å²) in [5.41, 5.74) is 0.821. The van der Waals surface area contributed by atoms with Gasteiger partial charge in [0.05, 0.1) is 18.5 Å². The van der Waals surface area contributed by atoms with Gasteiger partial charge < -0.3 is 10.2 Å². The number of urea groups is 1. The van der Waals surface area contributed by atoms with Crippen LogP contribution in [0.15, 0.2) is 12.3 Å². The monoisotopic (exact) mass is 301 g/mol. The predicted octanol–water partition coefficient (Wildman–Crippen LogP) is -0.367. The molecule has 1 saturated heterocycles. The molecule has 20 heavy (non-hydrogen) atoms. The normalized spacial score (nSPS) is 19.9. The summed E-state index contributed by atoms with van der Waals surface area (Å²) in [5.74, 6) is 0. The molecule has 1 aromatic heterocycles. The van der Waals surface area contributed by atoms with Crippen LogP contribution in [0.2, 0.25) is 0 Å². The Morgan fingerprint density at radius 2 is 2.40 bits per heavy atom. The number of rotatable bonds is 4. The van der Waals surface area contributed by atoms with Gasteiger partial charge in [0.25, 0.3) is 0 Å². The summed E-state index contributed by atoms with van der Waals surface area (Å²) in [4.78, 5) is 13.6. The molecular formula is C11H19N5O3S. The largest absolute Gasteiger partial charge is 0.332 e. The Kier molecular flexibility index (Phi) is 4.61. The van der Waals surface area contributed by atoms with Gasteiger partial charge in [0, 0.05) is 25.3 Å². The molecule has 2 amide bonds. The highest BCUT2D eigenvalue weighted by atomic mass is 32.2. The summed E-state index contributed by atoms with van der Waals surface area (Å²) in [6.07, 6.45) is 4.28. The van der Waals surface area contributed by atoms with E-state index in [-0.39, 0.29) is 12.1 Å². The zero-order valence-electron chi connectivity index (χ0n) is 11.3. The van der Waals surface area contributed by atoms with Gasteiger partial charge in [-0.25, -0.2) is 17.9 Å². The number of amides is 2. The van der Waals surface area contributed by atoms with Gasteiger partial charge in [0.1, 0.15) is 0 Å². The Labute approximate surface area is 118 Å². The lowest BCUT2D eigenvalue weighted by atomic mass is 10.1. The van der Waals surface area contributed by atoms with Gasteiger partial charge in [0.2, 0.25) is 10.0 Å². The number of hydrogen-bond acceptors (Lipinski definition) is 4. The Morgan fingerprint density at radius 1 is 1.60 bits per heavy atom. The lowest BCUT2D eigenvalue weighted by molar-refractivity contribution is 0.177. The smallest absolute Gasteiger partial charge is 0.317 e. The molecule has 0 aliphatic carbocycles. The Bertz CT molecular complexity index is 542. The second-order valence-corrected chi connectivity index (χ2v) is 6.70. The molecule has 1 aliphatic rings. The van der Waals surface area contributed by atoms with Crippen molar-refractivity contribution in [2.45, 2.75) is 25.4 Å². The molecule has 3 N–H and O–H groups in total. The second-order valence-electron chi connectivity index (χ2n) is 4.92. The second kappa shape index (κ2) is 6.23. The summed E-state index contributed by atoms with van der Waals surface area (Å²) in [6.45, 7) is 1.40. The summed E-state index contributed by atoms with van der Waals surface area (Å²) in [5, 5.41) is 9.34. The predicted molar refractivity (Wildman–Crippen MR) is 73.4 cm³/mol. The number of hydrogen-bond donors (Lipinski definition) is 3. The Hall–Kier alpha value is -1.61. The van der Waals surface area contributed by atoms with Crippen LogP contribution in [0.5, 0.6) is 0 Å². The molecule has 8 nitrogen and oxygen atoms in total. The van der Waals surface area contributed by atoms with Crippen molar-refractivity contribution in [3.63, 3.8) is 0 Å². The van der Waals surface area contributed by atoms with Gasteiger partial charge in [-0.15, -0.1) is 0 Å². The van der Waals surface area contributed by atoms with Gasteiger partial charge >= 0.3 is 6.03 Å². The first kappa shape index (κ1) is 14.8. The van der Waals surface area contributed by atoms with Crippen molar-refractivity contribution in [1.29, 1.82) is 0 Å². The molecule has 2 rings (SSSR count). The number of sulfonamides is 1. The summed E-state index contributed by atoms with van der Waals surface area (Å²) in [6, 6.07) is 1.38. The minimum Gasteiger partial charge on any atom is -0.332 e. The molecule has 112 valence electrons. The fraction of sp³-hybridized carbons (Fsp3) is 0.636. The molecule has 0 unspecified atom stereocenters. The van der Waals surface area contributed by atoms with E-state index in [4.69, 9.17) is 0 Å². The highest BCUT2D eigenvalue weighted by molar-refractivity contribution is 7.88. The molecule has 9 heteroatoms. The first-order valence-electron chi connectivity index (χ1n) is 6.42. The minimum atomic E-state index is -3.24. The molecule has 1 atom stereocenters. The van der Waals surface area contributed by atoms with E-state index in [1.54, 1.807) is 17.2 Å². The van der Waals surface area contributed by atoms with E-state index in [0.29, 0.717) is 19.6 Å². The average molecular weight is 301 g/mol. The van der Waals surface area contributed by atoms with Crippen LogP contribution in [0.4, 0.5) is 4.79 Å². The van der Waals surface area contributed by atoms with E-state index in [0.717, 1.165) is 24.8 Å². The highest BCUT2D eigenvalue weighted by Crippen LogP contribution is 2.11. The molecule has 1 aliphatic heterocycles. The van der Waals surface area contributed by atoms with E-state index < -0.39 is 10.0 Å². The minimum absolute atomic E-state index is 0.195. The summed E-state index contributed by atoms with van der Waals surface area (Å²) < 4.78 is 25.0. The van der Waals surface area contributed by atoms with Gasteiger partial charge in [-0.2, -0.15) is 5.10 Å². The molecule has 0 bridgehead atoms. The number of likely N-dealkylation sites (tertiary alicyclic amines) is 1. The molecular weight excluding hydrogens is 282 g/mol. The number of aromatic amines is 1. The maximum absolute atomic E-state index is 12.0. The molecule has 1 fully saturated rings. The van der Waals surface area contributed by atoms with Crippen LogP contribution in [-0.2, 0) is 16.6 Å². The number of carbonyl (C=O) groups excluding carboxylic acids is 1. The quantitative estimate of drug-likeness (QED) is 0.705. The first-order chi connectivity index (χ1) is 9.44. The Morgan fingerprint density at radius 3 is 3.05 bits per heavy atom. The number of nitrogens with zero attached hydrogens (tertiary/aromatic N) is 2. The fourth-order valence-electron chi connectivity index (χ4n) is 2.23. The summed E-state index contributed by atoms with van der Waals surface area (Å²) in [7, 11) is -3.24. The van der Waals surface area contributed by atoms with Crippen LogP contribution in [0.25, 0.3) is 0 Å². The lowest BCUT2D eigenvalue weighted by Gasteiger charge is -2.32. The molecule has 0 saturated carbocycles. The van der Waals surface area contributed by atoms with Crippen molar-refractivity contribution >= 4 is 16.1 Å². The number of piperidine rings is 1. The van der Waals surface area contributed by atoms with E-state index in [1.807, 2.05) is 0 Å². The van der Waals surface area contributed by atoms with E-state index >= 15 is 0 Å². The molecule has 0 spiro atoms. The van der Waals surface area contributed by atoms with Gasteiger partial charge in [-0.1, -0.05) is 0 Å². The van der Waals surface area contributed by atoms with E-state index in [1.165, 1.54) is 0 Å². The van der Waals surface area contributed by atoms with Crippen LogP contribution < -0.4 is 10.0 Å². The Balaban J connectivity index is 1.83. The third-order valence-electron chi connectivity index (χ3n) is 3.08. The fourth-order valence-corrected chi connectivity index (χ4v) is 3.02. The zero-order chi connectivity index (χ0) is 14.6. The third-order valence-corrected chi connectivity index (χ3v) is 3.84. The first-order valence-corrected chi connectivity index (χ1v) is 8.31. The zero-order valence-corrected chi connectivity index (χ0v) is 12.1. The van der Waals surface area contributed by atoms with Crippen molar-refractivity contribution in [1.82, 2.24) is 25.1 Å². The highest BCUT2D eigenvalue weighted by Gasteiger charge is 2.25. The SMILES string of the molecule is CS(=O)(=O)N[C@@H]1CCCN(C(=O)NCc2ccn[nH]2)C1. The number of carbonyl (C=O) groups is 1. The molecule has 0 aromatic carbocycles. The van der Waals surface area contributed by atoms with Crippen LogP contribution in [0, 0.1) is 0 Å². The van der Waals surface area contributed by atoms with Crippen molar-refractivity contribution in [2.75, 3.05) is 19.3 Å². The van der Waals surface area contributed by atoms with Crippen molar-refractivity contribution in [3.8, 4) is 0 Å².